The van der Waals surface area contributed by atoms with Gasteiger partial charge in [-0.1, -0.05) is 6.07 Å². The smallest absolute Gasteiger partial charge is 0.170 e. The monoisotopic (exact) mass is 401 g/mol. The Hall–Kier alpha value is -3.45. The standard InChI is InChI=1S/C22H19N5OS/c29-22-25-20(18-8-1-2-11-24-18)21(27(22)15-17-7-5-13-28-17)19-9-4-12-26(19)16-6-3-10-23-14-16/h1-14,20-21H,15H2,(H,25,29)/t20-,21-/m0/s1. The van der Waals surface area contributed by atoms with Gasteiger partial charge >= 0.3 is 0 Å². The molecular weight excluding hydrogens is 382 g/mol. The molecule has 4 aromatic rings. The molecule has 29 heavy (non-hydrogen) atoms. The fraction of sp³-hybridized carbons (Fsp3) is 0.136. The lowest BCUT2D eigenvalue weighted by Gasteiger charge is -2.28. The van der Waals surface area contributed by atoms with E-state index in [0.29, 0.717) is 11.7 Å². The molecule has 0 aliphatic carbocycles. The topological polar surface area (TPSA) is 59.1 Å². The van der Waals surface area contributed by atoms with Gasteiger partial charge in [0.25, 0.3) is 0 Å². The van der Waals surface area contributed by atoms with Gasteiger partial charge in [-0.2, -0.15) is 0 Å². The van der Waals surface area contributed by atoms with Crippen LogP contribution in [0.5, 0.6) is 0 Å². The van der Waals surface area contributed by atoms with Gasteiger partial charge in [0.1, 0.15) is 5.76 Å². The normalized spacial score (nSPS) is 18.8. The maximum absolute atomic E-state index is 5.73. The lowest BCUT2D eigenvalue weighted by molar-refractivity contribution is 0.280. The predicted octanol–water partition coefficient (Wildman–Crippen LogP) is 4.03. The van der Waals surface area contributed by atoms with Gasteiger partial charge in [0.15, 0.2) is 5.11 Å². The molecule has 7 heteroatoms. The highest BCUT2D eigenvalue weighted by atomic mass is 32.1. The van der Waals surface area contributed by atoms with Gasteiger partial charge in [-0.15, -0.1) is 0 Å². The van der Waals surface area contributed by atoms with Gasteiger partial charge < -0.3 is 19.2 Å². The van der Waals surface area contributed by atoms with E-state index in [0.717, 1.165) is 22.8 Å². The fourth-order valence-electron chi connectivity index (χ4n) is 3.83. The minimum Gasteiger partial charge on any atom is -0.467 e. The van der Waals surface area contributed by atoms with Crippen LogP contribution in [-0.2, 0) is 6.54 Å². The minimum absolute atomic E-state index is 0.0577. The Morgan fingerprint density at radius 3 is 2.76 bits per heavy atom. The average Bonchev–Trinajstić information content (AvgIpc) is 3.51. The highest BCUT2D eigenvalue weighted by Gasteiger charge is 2.41. The van der Waals surface area contributed by atoms with Crippen molar-refractivity contribution in [2.24, 2.45) is 0 Å². The molecule has 0 amide bonds. The van der Waals surface area contributed by atoms with Gasteiger partial charge in [-0.05, 0) is 60.7 Å². The van der Waals surface area contributed by atoms with Crippen LogP contribution in [0.4, 0.5) is 0 Å². The third-order valence-electron chi connectivity index (χ3n) is 5.11. The summed E-state index contributed by atoms with van der Waals surface area (Å²) in [7, 11) is 0. The van der Waals surface area contributed by atoms with Crippen LogP contribution in [0, 0.1) is 0 Å². The number of furan rings is 1. The summed E-state index contributed by atoms with van der Waals surface area (Å²) in [5, 5.41) is 4.16. The molecule has 1 aliphatic rings. The maximum atomic E-state index is 5.73. The zero-order chi connectivity index (χ0) is 19.6. The molecule has 1 fully saturated rings. The summed E-state index contributed by atoms with van der Waals surface area (Å²) in [6.45, 7) is 0.574. The average molecular weight is 401 g/mol. The predicted molar refractivity (Wildman–Crippen MR) is 113 cm³/mol. The number of nitrogens with zero attached hydrogens (tertiary/aromatic N) is 4. The van der Waals surface area contributed by atoms with Crippen LogP contribution in [0.1, 0.15) is 29.2 Å². The van der Waals surface area contributed by atoms with Gasteiger partial charge in [0.2, 0.25) is 0 Å². The lowest BCUT2D eigenvalue weighted by atomic mass is 10.0. The summed E-state index contributed by atoms with van der Waals surface area (Å²) in [6.07, 6.45) is 9.18. The number of thiocarbonyl (C=S) groups is 1. The number of hydrogen-bond acceptors (Lipinski definition) is 4. The number of pyridine rings is 2. The first-order valence-electron chi connectivity index (χ1n) is 9.39. The van der Waals surface area contributed by atoms with Crippen LogP contribution in [-0.4, -0.2) is 24.5 Å². The Bertz CT molecular complexity index is 1090. The largest absolute Gasteiger partial charge is 0.467 e. The van der Waals surface area contributed by atoms with Crippen molar-refractivity contribution < 1.29 is 4.42 Å². The van der Waals surface area contributed by atoms with Crippen molar-refractivity contribution in [3.8, 4) is 5.69 Å². The van der Waals surface area contributed by atoms with Crippen LogP contribution >= 0.6 is 12.2 Å². The molecule has 0 aromatic carbocycles. The van der Waals surface area contributed by atoms with Crippen molar-refractivity contribution in [3.05, 3.63) is 103 Å². The molecule has 5 heterocycles. The summed E-state index contributed by atoms with van der Waals surface area (Å²) in [6, 6.07) is 17.8. The van der Waals surface area contributed by atoms with E-state index in [2.05, 4.69) is 30.8 Å². The molecule has 0 unspecified atom stereocenters. The summed E-state index contributed by atoms with van der Waals surface area (Å²) in [5.74, 6) is 0.861. The van der Waals surface area contributed by atoms with E-state index in [1.807, 2.05) is 67.1 Å². The van der Waals surface area contributed by atoms with Crippen molar-refractivity contribution >= 4 is 17.3 Å². The van der Waals surface area contributed by atoms with E-state index in [-0.39, 0.29) is 12.1 Å². The maximum Gasteiger partial charge on any atom is 0.170 e. The lowest BCUT2D eigenvalue weighted by Crippen LogP contribution is -2.29. The second kappa shape index (κ2) is 7.52. The quantitative estimate of drug-likeness (QED) is 0.510. The summed E-state index contributed by atoms with van der Waals surface area (Å²) < 4.78 is 7.75. The van der Waals surface area contributed by atoms with Crippen LogP contribution in [0.15, 0.2) is 90.1 Å². The molecule has 2 atom stereocenters. The molecule has 144 valence electrons. The van der Waals surface area contributed by atoms with E-state index in [4.69, 9.17) is 16.6 Å². The highest BCUT2D eigenvalue weighted by molar-refractivity contribution is 7.80. The highest BCUT2D eigenvalue weighted by Crippen LogP contribution is 2.40. The molecule has 1 saturated heterocycles. The molecule has 1 N–H and O–H groups in total. The zero-order valence-electron chi connectivity index (χ0n) is 15.6. The SMILES string of the molecule is S=C1N[C@@H](c2ccccn2)[C@H](c2cccn2-c2cccnc2)N1Cc1ccco1. The van der Waals surface area contributed by atoms with E-state index in [1.54, 1.807) is 12.5 Å². The Kier molecular flexibility index (Phi) is 4.57. The Morgan fingerprint density at radius 1 is 1.03 bits per heavy atom. The van der Waals surface area contributed by atoms with E-state index >= 15 is 0 Å². The third-order valence-corrected chi connectivity index (χ3v) is 5.46. The zero-order valence-corrected chi connectivity index (χ0v) is 16.4. The molecule has 0 saturated carbocycles. The van der Waals surface area contributed by atoms with E-state index < -0.39 is 0 Å². The van der Waals surface area contributed by atoms with Gasteiger partial charge in [-0.25, -0.2) is 0 Å². The molecule has 4 aromatic heterocycles. The Morgan fingerprint density at radius 2 is 2.00 bits per heavy atom. The van der Waals surface area contributed by atoms with Crippen LogP contribution in [0.2, 0.25) is 0 Å². The van der Waals surface area contributed by atoms with Crippen molar-refractivity contribution in [1.82, 2.24) is 24.8 Å². The number of hydrogen-bond donors (Lipinski definition) is 1. The van der Waals surface area contributed by atoms with Crippen molar-refractivity contribution in [2.45, 2.75) is 18.6 Å². The van der Waals surface area contributed by atoms with Crippen molar-refractivity contribution in [3.63, 3.8) is 0 Å². The summed E-state index contributed by atoms with van der Waals surface area (Å²) >= 11 is 5.73. The molecular formula is C22H19N5OS. The third kappa shape index (κ3) is 3.30. The molecule has 1 aliphatic heterocycles. The second-order valence-electron chi connectivity index (χ2n) is 6.85. The van der Waals surface area contributed by atoms with Crippen LogP contribution < -0.4 is 5.32 Å². The molecule has 6 nitrogen and oxygen atoms in total. The minimum atomic E-state index is -0.0796. The molecule has 0 bridgehead atoms. The van der Waals surface area contributed by atoms with Crippen molar-refractivity contribution in [2.75, 3.05) is 0 Å². The van der Waals surface area contributed by atoms with E-state index in [1.165, 1.54) is 0 Å². The van der Waals surface area contributed by atoms with Gasteiger partial charge in [-0.3, -0.25) is 9.97 Å². The summed E-state index contributed by atoms with van der Waals surface area (Å²) in [4.78, 5) is 11.0. The Labute approximate surface area is 173 Å². The molecule has 5 rings (SSSR count). The fourth-order valence-corrected chi connectivity index (χ4v) is 4.14. The first kappa shape index (κ1) is 17.6. The van der Waals surface area contributed by atoms with Crippen LogP contribution in [0.25, 0.3) is 5.69 Å². The molecule has 0 radical (unpaired) electrons. The first-order valence-corrected chi connectivity index (χ1v) is 9.80. The first-order chi connectivity index (χ1) is 14.3. The van der Waals surface area contributed by atoms with Crippen LogP contribution in [0.3, 0.4) is 0 Å². The van der Waals surface area contributed by atoms with Gasteiger partial charge in [0.05, 0.1) is 42.5 Å². The number of aromatic nitrogens is 3. The van der Waals surface area contributed by atoms with Gasteiger partial charge in [0, 0.05) is 24.3 Å². The number of rotatable bonds is 5. The van der Waals surface area contributed by atoms with Crippen molar-refractivity contribution in [1.29, 1.82) is 0 Å². The second-order valence-corrected chi connectivity index (χ2v) is 7.23. The Balaban J connectivity index is 1.61. The number of nitrogens with one attached hydrogen (secondary N) is 1. The van der Waals surface area contributed by atoms with E-state index in [9.17, 15) is 0 Å². The molecule has 0 spiro atoms. The summed E-state index contributed by atoms with van der Waals surface area (Å²) in [5.41, 5.74) is 3.05.